The molecule has 0 atom stereocenters. The molecule has 2 rings (SSSR count). The summed E-state index contributed by atoms with van der Waals surface area (Å²) in [6, 6.07) is 6.01. The van der Waals surface area contributed by atoms with Crippen molar-refractivity contribution >= 4 is 0 Å². The summed E-state index contributed by atoms with van der Waals surface area (Å²) in [5, 5.41) is 8.72. The molecule has 19 heavy (non-hydrogen) atoms. The first-order chi connectivity index (χ1) is 9.29. The predicted molar refractivity (Wildman–Crippen MR) is 77.3 cm³/mol. The van der Waals surface area contributed by atoms with E-state index in [1.807, 2.05) is 25.1 Å². The molecule has 1 aromatic carbocycles. The highest BCUT2D eigenvalue weighted by Crippen LogP contribution is 2.24. The van der Waals surface area contributed by atoms with Gasteiger partial charge in [-0.3, -0.25) is 0 Å². The molecule has 1 aromatic rings. The second-order valence-electron chi connectivity index (χ2n) is 5.17. The van der Waals surface area contributed by atoms with Gasteiger partial charge in [-0.05, 0) is 56.4 Å². The van der Waals surface area contributed by atoms with Crippen LogP contribution in [0.2, 0.25) is 0 Å². The normalized spacial score (nSPS) is 16.3. The second-order valence-corrected chi connectivity index (χ2v) is 5.17. The summed E-state index contributed by atoms with van der Waals surface area (Å²) in [4.78, 5) is 0. The third-order valence-electron chi connectivity index (χ3n) is 3.60. The summed E-state index contributed by atoms with van der Waals surface area (Å²) >= 11 is 0. The van der Waals surface area contributed by atoms with Crippen molar-refractivity contribution < 1.29 is 9.84 Å². The van der Waals surface area contributed by atoms with Gasteiger partial charge in [0.15, 0.2) is 0 Å². The monoisotopic (exact) mass is 258 g/mol. The number of aliphatic hydroxyl groups excluding tert-OH is 1. The zero-order valence-corrected chi connectivity index (χ0v) is 11.6. The highest BCUT2D eigenvalue weighted by molar-refractivity contribution is 5.44. The number of hydrogen-bond acceptors (Lipinski definition) is 2. The largest absolute Gasteiger partial charge is 0.490 e. The fourth-order valence-electron chi connectivity index (χ4n) is 2.54. The summed E-state index contributed by atoms with van der Waals surface area (Å²) in [5.41, 5.74) is 2.06. The van der Waals surface area contributed by atoms with E-state index in [4.69, 9.17) is 9.84 Å². The molecule has 0 aromatic heterocycles. The molecular weight excluding hydrogens is 236 g/mol. The third-order valence-corrected chi connectivity index (χ3v) is 3.60. The van der Waals surface area contributed by atoms with E-state index < -0.39 is 0 Å². The molecule has 0 bridgehead atoms. The Balaban J connectivity index is 2.02. The van der Waals surface area contributed by atoms with Crippen molar-refractivity contribution in [2.45, 2.75) is 51.6 Å². The summed E-state index contributed by atoms with van der Waals surface area (Å²) in [6.45, 7) is 1.93. The zero-order chi connectivity index (χ0) is 13.5. The van der Waals surface area contributed by atoms with Crippen molar-refractivity contribution in [3.05, 3.63) is 29.3 Å². The third kappa shape index (κ3) is 4.29. The lowest BCUT2D eigenvalue weighted by atomic mass is 10.1. The number of rotatable bonds is 2. The highest BCUT2D eigenvalue weighted by atomic mass is 16.5. The zero-order valence-electron chi connectivity index (χ0n) is 11.6. The molecular formula is C17H22O2. The van der Waals surface area contributed by atoms with Gasteiger partial charge in [0.2, 0.25) is 0 Å². The van der Waals surface area contributed by atoms with Crippen LogP contribution >= 0.6 is 0 Å². The van der Waals surface area contributed by atoms with Gasteiger partial charge in [-0.1, -0.05) is 24.7 Å². The maximum atomic E-state index is 8.72. The van der Waals surface area contributed by atoms with Crippen molar-refractivity contribution in [2.24, 2.45) is 0 Å². The van der Waals surface area contributed by atoms with Crippen LogP contribution in [0.15, 0.2) is 18.2 Å². The SMILES string of the molecule is Cc1cc(OC2CCCCCC2)ccc1C#CCO. The van der Waals surface area contributed by atoms with Crippen molar-refractivity contribution in [1.29, 1.82) is 0 Å². The minimum absolute atomic E-state index is 0.0975. The molecule has 0 radical (unpaired) electrons. The molecule has 0 unspecified atom stereocenters. The van der Waals surface area contributed by atoms with Gasteiger partial charge < -0.3 is 9.84 Å². The van der Waals surface area contributed by atoms with Crippen molar-refractivity contribution in [3.63, 3.8) is 0 Å². The lowest BCUT2D eigenvalue weighted by Crippen LogP contribution is -2.15. The van der Waals surface area contributed by atoms with Crippen LogP contribution in [0.1, 0.15) is 49.7 Å². The Hall–Kier alpha value is -1.46. The van der Waals surface area contributed by atoms with Crippen LogP contribution in [0.4, 0.5) is 0 Å². The van der Waals surface area contributed by atoms with E-state index in [1.165, 1.54) is 38.5 Å². The van der Waals surface area contributed by atoms with Gasteiger partial charge in [-0.25, -0.2) is 0 Å². The Morgan fingerprint density at radius 1 is 1.21 bits per heavy atom. The molecule has 0 aliphatic heterocycles. The number of ether oxygens (including phenoxy) is 1. The van der Waals surface area contributed by atoms with Gasteiger partial charge in [0.25, 0.3) is 0 Å². The van der Waals surface area contributed by atoms with Gasteiger partial charge in [0, 0.05) is 5.56 Å². The van der Waals surface area contributed by atoms with Gasteiger partial charge in [0.1, 0.15) is 12.4 Å². The Labute approximate surface area is 115 Å². The van der Waals surface area contributed by atoms with Crippen LogP contribution in [0.25, 0.3) is 0 Å². The minimum Gasteiger partial charge on any atom is -0.490 e. The summed E-state index contributed by atoms with van der Waals surface area (Å²) in [6.07, 6.45) is 7.96. The molecule has 2 nitrogen and oxygen atoms in total. The van der Waals surface area contributed by atoms with Gasteiger partial charge in [-0.2, -0.15) is 0 Å². The van der Waals surface area contributed by atoms with Crippen LogP contribution in [0.3, 0.4) is 0 Å². The van der Waals surface area contributed by atoms with Crippen LogP contribution in [0, 0.1) is 18.8 Å². The minimum atomic E-state index is -0.0975. The fourth-order valence-corrected chi connectivity index (χ4v) is 2.54. The lowest BCUT2D eigenvalue weighted by molar-refractivity contribution is 0.183. The number of benzene rings is 1. The van der Waals surface area contributed by atoms with E-state index in [9.17, 15) is 0 Å². The van der Waals surface area contributed by atoms with Gasteiger partial charge in [-0.15, -0.1) is 0 Å². The van der Waals surface area contributed by atoms with E-state index in [-0.39, 0.29) is 6.61 Å². The molecule has 0 heterocycles. The van der Waals surface area contributed by atoms with E-state index in [1.54, 1.807) is 0 Å². The molecule has 1 saturated carbocycles. The Morgan fingerprint density at radius 2 is 1.95 bits per heavy atom. The van der Waals surface area contributed by atoms with E-state index >= 15 is 0 Å². The highest BCUT2D eigenvalue weighted by Gasteiger charge is 2.13. The van der Waals surface area contributed by atoms with E-state index in [0.717, 1.165) is 16.9 Å². The lowest BCUT2D eigenvalue weighted by Gasteiger charge is -2.17. The Kier molecular flexibility index (Phi) is 5.30. The molecule has 1 aliphatic rings. The molecule has 1 aliphatic carbocycles. The molecule has 0 amide bonds. The number of hydrogen-bond donors (Lipinski definition) is 1. The number of aliphatic hydroxyl groups is 1. The molecule has 1 N–H and O–H groups in total. The first-order valence-corrected chi connectivity index (χ1v) is 7.16. The first kappa shape index (κ1) is 14.0. The van der Waals surface area contributed by atoms with E-state index in [2.05, 4.69) is 11.8 Å². The van der Waals surface area contributed by atoms with Crippen LogP contribution < -0.4 is 4.74 Å². The fraction of sp³-hybridized carbons (Fsp3) is 0.529. The molecule has 102 valence electrons. The van der Waals surface area contributed by atoms with Gasteiger partial charge >= 0.3 is 0 Å². The molecule has 2 heteroatoms. The first-order valence-electron chi connectivity index (χ1n) is 7.16. The van der Waals surface area contributed by atoms with Crippen molar-refractivity contribution in [3.8, 4) is 17.6 Å². The maximum Gasteiger partial charge on any atom is 0.120 e. The topological polar surface area (TPSA) is 29.5 Å². The second kappa shape index (κ2) is 7.21. The summed E-state index contributed by atoms with van der Waals surface area (Å²) in [7, 11) is 0. The van der Waals surface area contributed by atoms with Crippen LogP contribution in [-0.2, 0) is 0 Å². The number of aryl methyl sites for hydroxylation is 1. The average molecular weight is 258 g/mol. The summed E-state index contributed by atoms with van der Waals surface area (Å²) in [5.74, 6) is 6.57. The quantitative estimate of drug-likeness (QED) is 0.650. The van der Waals surface area contributed by atoms with Crippen LogP contribution in [0.5, 0.6) is 5.75 Å². The summed E-state index contributed by atoms with van der Waals surface area (Å²) < 4.78 is 6.08. The molecule has 0 spiro atoms. The van der Waals surface area contributed by atoms with E-state index in [0.29, 0.717) is 6.10 Å². The Bertz CT molecular complexity index is 460. The van der Waals surface area contributed by atoms with Crippen LogP contribution in [-0.4, -0.2) is 17.8 Å². The molecule has 1 fully saturated rings. The van der Waals surface area contributed by atoms with Crippen molar-refractivity contribution in [1.82, 2.24) is 0 Å². The smallest absolute Gasteiger partial charge is 0.120 e. The maximum absolute atomic E-state index is 8.72. The average Bonchev–Trinajstić information content (AvgIpc) is 2.66. The molecule has 0 saturated heterocycles. The van der Waals surface area contributed by atoms with Gasteiger partial charge in [0.05, 0.1) is 6.10 Å². The standard InChI is InChI=1S/C17H22O2/c1-14-13-17(11-10-15(14)7-6-12-18)19-16-8-4-2-3-5-9-16/h10-11,13,16,18H,2-5,8-9,12H2,1H3. The Morgan fingerprint density at radius 3 is 2.58 bits per heavy atom. The predicted octanol–water partition coefficient (Wildman–Crippen LogP) is 3.44. The van der Waals surface area contributed by atoms with Crippen molar-refractivity contribution in [2.75, 3.05) is 6.61 Å².